The number of amides is 1. The van der Waals surface area contributed by atoms with Crippen molar-refractivity contribution in [1.82, 2.24) is 9.97 Å². The van der Waals surface area contributed by atoms with Gasteiger partial charge in [0.15, 0.2) is 5.82 Å². The number of nitrogens with one attached hydrogen (secondary N) is 1. The Labute approximate surface area is 118 Å². The molecular weight excluding hydrogens is 284 g/mol. The molecule has 20 heavy (non-hydrogen) atoms. The van der Waals surface area contributed by atoms with Gasteiger partial charge in [0.25, 0.3) is 11.6 Å². The summed E-state index contributed by atoms with van der Waals surface area (Å²) in [7, 11) is 0. The first-order valence-corrected chi connectivity index (χ1v) is 5.89. The van der Waals surface area contributed by atoms with Crippen molar-refractivity contribution in [2.75, 3.05) is 5.32 Å². The molecule has 2 rings (SSSR count). The first kappa shape index (κ1) is 13.9. The number of nitro groups is 1. The molecule has 0 unspecified atom stereocenters. The lowest BCUT2D eigenvalue weighted by Crippen LogP contribution is -2.13. The summed E-state index contributed by atoms with van der Waals surface area (Å²) in [6.07, 6.45) is 2.69. The van der Waals surface area contributed by atoms with Crippen LogP contribution in [0, 0.1) is 17.0 Å². The van der Waals surface area contributed by atoms with E-state index in [1.165, 1.54) is 30.6 Å². The van der Waals surface area contributed by atoms with Crippen LogP contribution in [0.3, 0.4) is 0 Å². The minimum absolute atomic E-state index is 0.0379. The second kappa shape index (κ2) is 5.62. The second-order valence-electron chi connectivity index (χ2n) is 3.94. The van der Waals surface area contributed by atoms with Gasteiger partial charge in [-0.3, -0.25) is 19.9 Å². The Bertz CT molecular complexity index is 690. The van der Waals surface area contributed by atoms with Gasteiger partial charge in [-0.15, -0.1) is 0 Å². The molecule has 0 saturated carbocycles. The number of hydrogen-bond donors (Lipinski definition) is 1. The highest BCUT2D eigenvalue weighted by molar-refractivity contribution is 6.29. The van der Waals surface area contributed by atoms with Crippen molar-refractivity contribution >= 4 is 29.0 Å². The van der Waals surface area contributed by atoms with Crippen LogP contribution in [-0.2, 0) is 0 Å². The van der Waals surface area contributed by atoms with Gasteiger partial charge in [-0.1, -0.05) is 11.6 Å². The summed E-state index contributed by atoms with van der Waals surface area (Å²) in [6, 6.07) is 4.10. The zero-order chi connectivity index (χ0) is 14.7. The molecule has 7 nitrogen and oxygen atoms in total. The Morgan fingerprint density at radius 2 is 2.15 bits per heavy atom. The van der Waals surface area contributed by atoms with Crippen LogP contribution in [0.4, 0.5) is 11.5 Å². The predicted octanol–water partition coefficient (Wildman–Crippen LogP) is 2.60. The van der Waals surface area contributed by atoms with Crippen LogP contribution in [0.2, 0.25) is 5.15 Å². The van der Waals surface area contributed by atoms with Crippen LogP contribution in [0.1, 0.15) is 15.9 Å². The van der Waals surface area contributed by atoms with Crippen LogP contribution < -0.4 is 5.32 Å². The molecule has 1 N–H and O–H groups in total. The Hall–Kier alpha value is -2.54. The molecule has 0 fully saturated rings. The summed E-state index contributed by atoms with van der Waals surface area (Å²) in [5, 5.41) is 13.4. The lowest BCUT2D eigenvalue weighted by atomic mass is 10.1. The fourth-order valence-corrected chi connectivity index (χ4v) is 1.74. The fourth-order valence-electron chi connectivity index (χ4n) is 1.59. The SMILES string of the molecule is Cc1cc(C(=O)Nc2cncc(Cl)n2)ccc1[N+](=O)[O-]. The van der Waals surface area contributed by atoms with Gasteiger partial charge in [0.2, 0.25) is 0 Å². The van der Waals surface area contributed by atoms with E-state index < -0.39 is 10.8 Å². The summed E-state index contributed by atoms with van der Waals surface area (Å²) in [4.78, 5) is 29.8. The number of halogens is 1. The molecule has 8 heteroatoms. The van der Waals surface area contributed by atoms with Gasteiger partial charge in [0, 0.05) is 17.2 Å². The third-order valence-electron chi connectivity index (χ3n) is 2.50. The van der Waals surface area contributed by atoms with Gasteiger partial charge in [-0.05, 0) is 19.1 Å². The predicted molar refractivity (Wildman–Crippen MR) is 72.8 cm³/mol. The highest BCUT2D eigenvalue weighted by atomic mass is 35.5. The molecule has 0 aliphatic heterocycles. The first-order valence-electron chi connectivity index (χ1n) is 5.51. The van der Waals surface area contributed by atoms with Crippen molar-refractivity contribution in [2.24, 2.45) is 0 Å². The number of aromatic nitrogens is 2. The summed E-state index contributed by atoms with van der Waals surface area (Å²) < 4.78 is 0. The van der Waals surface area contributed by atoms with E-state index in [-0.39, 0.29) is 22.2 Å². The molecule has 1 amide bonds. The molecule has 0 spiro atoms. The van der Waals surface area contributed by atoms with E-state index in [2.05, 4.69) is 15.3 Å². The maximum atomic E-state index is 12.0. The van der Waals surface area contributed by atoms with E-state index in [4.69, 9.17) is 11.6 Å². The number of carbonyl (C=O) groups is 1. The smallest absolute Gasteiger partial charge is 0.272 e. The number of hydrogen-bond acceptors (Lipinski definition) is 5. The molecular formula is C12H9ClN4O3. The maximum absolute atomic E-state index is 12.0. The second-order valence-corrected chi connectivity index (χ2v) is 4.33. The average Bonchev–Trinajstić information content (AvgIpc) is 2.38. The zero-order valence-corrected chi connectivity index (χ0v) is 11.1. The Kier molecular flexibility index (Phi) is 3.90. The number of rotatable bonds is 3. The minimum atomic E-state index is -0.501. The molecule has 0 bridgehead atoms. The Balaban J connectivity index is 2.22. The summed E-state index contributed by atoms with van der Waals surface area (Å²) in [6.45, 7) is 1.56. The molecule has 0 aliphatic carbocycles. The molecule has 0 radical (unpaired) electrons. The van der Waals surface area contributed by atoms with Crippen molar-refractivity contribution in [3.05, 3.63) is 57.0 Å². The zero-order valence-electron chi connectivity index (χ0n) is 10.3. The lowest BCUT2D eigenvalue weighted by Gasteiger charge is -2.05. The van der Waals surface area contributed by atoms with E-state index in [0.717, 1.165) is 0 Å². The summed E-state index contributed by atoms with van der Waals surface area (Å²) >= 11 is 5.66. The molecule has 0 atom stereocenters. The van der Waals surface area contributed by atoms with Gasteiger partial charge in [-0.25, -0.2) is 4.98 Å². The molecule has 0 aliphatic rings. The average molecular weight is 293 g/mol. The monoisotopic (exact) mass is 292 g/mol. The molecule has 0 saturated heterocycles. The van der Waals surface area contributed by atoms with Crippen molar-refractivity contribution in [3.63, 3.8) is 0 Å². The van der Waals surface area contributed by atoms with Gasteiger partial charge in [0.05, 0.1) is 17.3 Å². The van der Waals surface area contributed by atoms with Crippen molar-refractivity contribution < 1.29 is 9.72 Å². The van der Waals surface area contributed by atoms with Crippen LogP contribution in [0.15, 0.2) is 30.6 Å². The van der Waals surface area contributed by atoms with Crippen LogP contribution in [0.25, 0.3) is 0 Å². The number of nitro benzene ring substituents is 1. The Morgan fingerprint density at radius 3 is 2.75 bits per heavy atom. The lowest BCUT2D eigenvalue weighted by molar-refractivity contribution is -0.385. The highest BCUT2D eigenvalue weighted by Crippen LogP contribution is 2.19. The first-order chi connectivity index (χ1) is 9.47. The van der Waals surface area contributed by atoms with Gasteiger partial charge in [-0.2, -0.15) is 0 Å². The van der Waals surface area contributed by atoms with Crippen molar-refractivity contribution in [3.8, 4) is 0 Å². The normalized spacial score (nSPS) is 10.1. The highest BCUT2D eigenvalue weighted by Gasteiger charge is 2.14. The van der Waals surface area contributed by atoms with Gasteiger partial charge < -0.3 is 5.32 Å². The standard InChI is InChI=1S/C12H9ClN4O3/c1-7-4-8(2-3-9(7)17(19)20)12(18)16-11-6-14-5-10(13)15-11/h2-6H,1H3,(H,15,16,18). The molecule has 1 aromatic carbocycles. The maximum Gasteiger partial charge on any atom is 0.272 e. The van der Waals surface area contributed by atoms with E-state index in [0.29, 0.717) is 5.56 Å². The number of aryl methyl sites for hydroxylation is 1. The van der Waals surface area contributed by atoms with Gasteiger partial charge >= 0.3 is 0 Å². The number of benzene rings is 1. The minimum Gasteiger partial charge on any atom is -0.305 e. The number of carbonyl (C=O) groups excluding carboxylic acids is 1. The quantitative estimate of drug-likeness (QED) is 0.692. The molecule has 1 aromatic heterocycles. The summed E-state index contributed by atoms with van der Waals surface area (Å²) in [5.41, 5.74) is 0.652. The van der Waals surface area contributed by atoms with Crippen LogP contribution >= 0.6 is 11.6 Å². The molecule has 102 valence electrons. The topological polar surface area (TPSA) is 98.0 Å². The number of nitrogens with zero attached hydrogens (tertiary/aromatic N) is 3. The van der Waals surface area contributed by atoms with E-state index >= 15 is 0 Å². The van der Waals surface area contributed by atoms with Gasteiger partial charge in [0.1, 0.15) is 5.15 Å². The summed E-state index contributed by atoms with van der Waals surface area (Å²) in [5.74, 6) is -0.238. The van der Waals surface area contributed by atoms with E-state index in [1.54, 1.807) is 6.92 Å². The van der Waals surface area contributed by atoms with E-state index in [1.807, 2.05) is 0 Å². The van der Waals surface area contributed by atoms with Crippen molar-refractivity contribution in [1.29, 1.82) is 0 Å². The molecule has 2 aromatic rings. The third kappa shape index (κ3) is 3.07. The molecule has 1 heterocycles. The Morgan fingerprint density at radius 1 is 1.40 bits per heavy atom. The van der Waals surface area contributed by atoms with Crippen molar-refractivity contribution in [2.45, 2.75) is 6.92 Å². The largest absolute Gasteiger partial charge is 0.305 e. The van der Waals surface area contributed by atoms with Crippen LogP contribution in [-0.4, -0.2) is 20.8 Å². The number of anilines is 1. The fraction of sp³-hybridized carbons (Fsp3) is 0.0833. The van der Waals surface area contributed by atoms with Crippen LogP contribution in [0.5, 0.6) is 0 Å². The van der Waals surface area contributed by atoms with E-state index in [9.17, 15) is 14.9 Å². The third-order valence-corrected chi connectivity index (χ3v) is 2.68.